The highest BCUT2D eigenvalue weighted by Crippen LogP contribution is 2.26. The number of nitrogens with zero attached hydrogens (tertiary/aromatic N) is 2. The van der Waals surface area contributed by atoms with Gasteiger partial charge in [0.05, 0.1) is 5.69 Å². The van der Waals surface area contributed by atoms with E-state index in [1.165, 1.54) is 0 Å². The number of carbonyl (C=O) groups excluding carboxylic acids is 1. The van der Waals surface area contributed by atoms with Crippen LogP contribution < -0.4 is 21.1 Å². The molecule has 1 saturated heterocycles. The van der Waals surface area contributed by atoms with Crippen LogP contribution in [0.1, 0.15) is 23.2 Å². The molecule has 1 amide bonds. The fourth-order valence-electron chi connectivity index (χ4n) is 3.98. The number of rotatable bonds is 5. The molecule has 0 radical (unpaired) electrons. The van der Waals surface area contributed by atoms with Crippen molar-refractivity contribution in [2.45, 2.75) is 18.9 Å². The first-order valence-electron chi connectivity index (χ1n) is 11.0. The van der Waals surface area contributed by atoms with E-state index in [0.29, 0.717) is 17.1 Å². The highest BCUT2D eigenvalue weighted by atomic mass is 16.5. The van der Waals surface area contributed by atoms with Gasteiger partial charge in [-0.3, -0.25) is 9.78 Å². The van der Waals surface area contributed by atoms with Gasteiger partial charge < -0.3 is 21.1 Å². The van der Waals surface area contributed by atoms with Crippen molar-refractivity contribution < 1.29 is 9.53 Å². The lowest BCUT2D eigenvalue weighted by Crippen LogP contribution is -2.34. The monoisotopic (exact) mass is 439 g/mol. The lowest BCUT2D eigenvalue weighted by molar-refractivity contribution is 0.102. The summed E-state index contributed by atoms with van der Waals surface area (Å²) in [6.45, 7) is 1.95. The Labute approximate surface area is 192 Å². The quantitative estimate of drug-likeness (QED) is 0.429. The number of piperidine rings is 1. The third-order valence-electron chi connectivity index (χ3n) is 5.76. The number of nitrogens with two attached hydrogens (primary N) is 1. The molecule has 0 bridgehead atoms. The van der Waals surface area contributed by atoms with Gasteiger partial charge in [-0.05, 0) is 79.3 Å². The number of fused-ring (bicyclic) bond motifs is 1. The zero-order chi connectivity index (χ0) is 22.6. The topological polar surface area (TPSA) is 102 Å². The third-order valence-corrected chi connectivity index (χ3v) is 5.76. The van der Waals surface area contributed by atoms with Gasteiger partial charge >= 0.3 is 0 Å². The van der Waals surface area contributed by atoms with E-state index in [-0.39, 0.29) is 12.0 Å². The third kappa shape index (κ3) is 4.94. The molecular weight excluding hydrogens is 414 g/mol. The Kier molecular flexibility index (Phi) is 5.87. The van der Waals surface area contributed by atoms with Crippen LogP contribution in [0.3, 0.4) is 0 Å². The van der Waals surface area contributed by atoms with Crippen LogP contribution in [-0.4, -0.2) is 35.1 Å². The summed E-state index contributed by atoms with van der Waals surface area (Å²) in [6, 6.07) is 17.0. The summed E-state index contributed by atoms with van der Waals surface area (Å²) < 4.78 is 6.02. The summed E-state index contributed by atoms with van der Waals surface area (Å²) >= 11 is 0. The number of ether oxygens (including phenoxy) is 1. The molecule has 0 atom stereocenters. The second kappa shape index (κ2) is 9.26. The highest BCUT2D eigenvalue weighted by molar-refractivity contribution is 6.04. The van der Waals surface area contributed by atoms with Gasteiger partial charge in [0.15, 0.2) is 0 Å². The maximum Gasteiger partial charge on any atom is 0.256 e. The highest BCUT2D eigenvalue weighted by Gasteiger charge is 2.15. The lowest BCUT2D eigenvalue weighted by Gasteiger charge is -2.23. The summed E-state index contributed by atoms with van der Waals surface area (Å²) in [6.07, 6.45) is 7.36. The second-order valence-corrected chi connectivity index (χ2v) is 8.18. The SMILES string of the molecule is Nc1cncc(-c2ccc3cnc(NC(=O)c4ccc(OC5CCNCC5)cc4)cc3c2)c1. The Morgan fingerprint density at radius 2 is 1.76 bits per heavy atom. The van der Waals surface area contributed by atoms with Crippen molar-refractivity contribution in [1.29, 1.82) is 0 Å². The van der Waals surface area contributed by atoms with Crippen LogP contribution in [0, 0.1) is 0 Å². The number of anilines is 2. The van der Waals surface area contributed by atoms with Gasteiger partial charge in [0.1, 0.15) is 17.7 Å². The molecule has 0 aliphatic carbocycles. The van der Waals surface area contributed by atoms with Crippen LogP contribution in [0.4, 0.5) is 11.5 Å². The van der Waals surface area contributed by atoms with Gasteiger partial charge in [0.2, 0.25) is 0 Å². The van der Waals surface area contributed by atoms with Gasteiger partial charge in [-0.15, -0.1) is 0 Å². The molecule has 4 aromatic rings. The molecule has 0 unspecified atom stereocenters. The zero-order valence-electron chi connectivity index (χ0n) is 18.1. The van der Waals surface area contributed by atoms with E-state index in [4.69, 9.17) is 10.5 Å². The van der Waals surface area contributed by atoms with Crippen LogP contribution in [0.15, 0.2) is 73.2 Å². The van der Waals surface area contributed by atoms with Gasteiger partial charge in [0, 0.05) is 35.1 Å². The number of pyridine rings is 2. The molecule has 7 nitrogen and oxygen atoms in total. The van der Waals surface area contributed by atoms with E-state index in [1.54, 1.807) is 30.7 Å². The number of benzene rings is 2. The molecule has 1 fully saturated rings. The van der Waals surface area contributed by atoms with Gasteiger partial charge in [-0.2, -0.15) is 0 Å². The lowest BCUT2D eigenvalue weighted by atomic mass is 10.0. The number of aromatic nitrogens is 2. The summed E-state index contributed by atoms with van der Waals surface area (Å²) in [5, 5.41) is 8.16. The van der Waals surface area contributed by atoms with Crippen molar-refractivity contribution in [2.24, 2.45) is 0 Å². The van der Waals surface area contributed by atoms with E-state index in [2.05, 4.69) is 20.6 Å². The molecule has 2 aromatic carbocycles. The van der Waals surface area contributed by atoms with Crippen molar-refractivity contribution >= 4 is 28.2 Å². The molecule has 7 heteroatoms. The first-order chi connectivity index (χ1) is 16.1. The average Bonchev–Trinajstić information content (AvgIpc) is 2.85. The van der Waals surface area contributed by atoms with Crippen molar-refractivity contribution in [3.63, 3.8) is 0 Å². The Hall–Kier alpha value is -3.97. The normalized spacial score (nSPS) is 14.2. The van der Waals surface area contributed by atoms with Crippen molar-refractivity contribution in [2.75, 3.05) is 24.1 Å². The van der Waals surface area contributed by atoms with Gasteiger partial charge in [-0.25, -0.2) is 4.98 Å². The standard InChI is InChI=1S/C26H25N5O2/c27-22-12-21(14-29-16-22)18-1-2-19-15-30-25(13-20(19)11-18)31-26(32)17-3-5-23(6-4-17)33-24-7-9-28-10-8-24/h1-6,11-16,24,28H,7-10,27H2,(H,30,31,32). The van der Waals surface area contributed by atoms with Crippen LogP contribution in [0.2, 0.25) is 0 Å². The van der Waals surface area contributed by atoms with Crippen LogP contribution in [0.25, 0.3) is 21.9 Å². The van der Waals surface area contributed by atoms with Crippen LogP contribution in [0.5, 0.6) is 5.75 Å². The van der Waals surface area contributed by atoms with Gasteiger partial charge in [0.25, 0.3) is 5.91 Å². The molecule has 0 spiro atoms. The first-order valence-corrected chi connectivity index (χ1v) is 11.0. The Morgan fingerprint density at radius 1 is 0.939 bits per heavy atom. The van der Waals surface area contributed by atoms with E-state index >= 15 is 0 Å². The molecule has 33 heavy (non-hydrogen) atoms. The fourth-order valence-corrected chi connectivity index (χ4v) is 3.98. The summed E-state index contributed by atoms with van der Waals surface area (Å²) in [7, 11) is 0. The number of nitrogen functional groups attached to an aromatic ring is 1. The average molecular weight is 440 g/mol. The maximum atomic E-state index is 12.8. The van der Waals surface area contributed by atoms with E-state index in [9.17, 15) is 4.79 Å². The maximum absolute atomic E-state index is 12.8. The van der Waals surface area contributed by atoms with E-state index in [0.717, 1.165) is 53.6 Å². The van der Waals surface area contributed by atoms with Gasteiger partial charge in [-0.1, -0.05) is 12.1 Å². The minimum atomic E-state index is -0.216. The predicted molar refractivity (Wildman–Crippen MR) is 130 cm³/mol. The first kappa shape index (κ1) is 20.9. The summed E-state index contributed by atoms with van der Waals surface area (Å²) in [5.74, 6) is 1.06. The van der Waals surface area contributed by atoms with E-state index < -0.39 is 0 Å². The number of amides is 1. The zero-order valence-corrected chi connectivity index (χ0v) is 18.1. The molecule has 166 valence electrons. The Morgan fingerprint density at radius 3 is 2.55 bits per heavy atom. The van der Waals surface area contributed by atoms with Crippen molar-refractivity contribution in [3.05, 3.63) is 78.8 Å². The molecule has 2 aromatic heterocycles. The Bertz CT molecular complexity index is 1280. The predicted octanol–water partition coefficient (Wildman–Crippen LogP) is 4.26. The van der Waals surface area contributed by atoms with Crippen LogP contribution >= 0.6 is 0 Å². The van der Waals surface area contributed by atoms with Crippen LogP contribution in [-0.2, 0) is 0 Å². The minimum absolute atomic E-state index is 0.216. The molecule has 4 N–H and O–H groups in total. The second-order valence-electron chi connectivity index (χ2n) is 8.18. The molecule has 5 rings (SSSR count). The smallest absolute Gasteiger partial charge is 0.256 e. The largest absolute Gasteiger partial charge is 0.490 e. The molecule has 1 aliphatic heterocycles. The molecule has 3 heterocycles. The number of hydrogen-bond acceptors (Lipinski definition) is 6. The van der Waals surface area contributed by atoms with Crippen molar-refractivity contribution in [3.8, 4) is 16.9 Å². The number of carbonyl (C=O) groups is 1. The summed E-state index contributed by atoms with van der Waals surface area (Å²) in [5.41, 5.74) is 8.96. The molecule has 0 saturated carbocycles. The molecule has 1 aliphatic rings. The number of hydrogen-bond donors (Lipinski definition) is 3. The van der Waals surface area contributed by atoms with Crippen molar-refractivity contribution in [1.82, 2.24) is 15.3 Å². The summed E-state index contributed by atoms with van der Waals surface area (Å²) in [4.78, 5) is 21.3. The minimum Gasteiger partial charge on any atom is -0.490 e. The molecular formula is C26H25N5O2. The number of nitrogens with one attached hydrogen (secondary N) is 2. The Balaban J connectivity index is 1.30. The fraction of sp³-hybridized carbons (Fsp3) is 0.192. The van der Waals surface area contributed by atoms with E-state index in [1.807, 2.05) is 42.5 Å².